The Morgan fingerprint density at radius 1 is 1.38 bits per heavy atom. The molecule has 0 saturated heterocycles. The van der Waals surface area contributed by atoms with Crippen LogP contribution in [0, 0.1) is 6.92 Å². The van der Waals surface area contributed by atoms with Crippen LogP contribution in [0.15, 0.2) is 18.2 Å². The third-order valence-electron chi connectivity index (χ3n) is 2.63. The normalized spacial score (nSPS) is 12.7. The van der Waals surface area contributed by atoms with E-state index in [0.29, 0.717) is 0 Å². The molecule has 1 atom stereocenters. The Labute approximate surface area is 119 Å². The van der Waals surface area contributed by atoms with Crippen LogP contribution in [0.5, 0.6) is 0 Å². The Morgan fingerprint density at radius 2 is 2.00 bits per heavy atom. The Balaban J connectivity index is 2.89. The molecule has 1 aromatic carbocycles. The first-order valence-corrected chi connectivity index (χ1v) is 6.07. The highest BCUT2D eigenvalue weighted by Gasteiger charge is 2.33. The molecule has 21 heavy (non-hydrogen) atoms. The van der Waals surface area contributed by atoms with Gasteiger partial charge in [0.15, 0.2) is 6.04 Å². The summed E-state index contributed by atoms with van der Waals surface area (Å²) in [5.41, 5.74) is 4.39. The van der Waals surface area contributed by atoms with Crippen molar-refractivity contribution < 1.29 is 27.5 Å². The minimum Gasteiger partial charge on any atom is -0.464 e. The van der Waals surface area contributed by atoms with Gasteiger partial charge in [-0.25, -0.2) is 4.79 Å². The summed E-state index contributed by atoms with van der Waals surface area (Å²) in [6.07, 6.45) is -4.53. The highest BCUT2D eigenvalue weighted by molar-refractivity contribution is 6.08. The van der Waals surface area contributed by atoms with Crippen LogP contribution >= 0.6 is 0 Å². The van der Waals surface area contributed by atoms with Gasteiger partial charge in [-0.3, -0.25) is 4.79 Å². The van der Waals surface area contributed by atoms with Gasteiger partial charge in [0.25, 0.3) is 5.91 Å². The summed E-state index contributed by atoms with van der Waals surface area (Å²) < 4.78 is 42.8. The molecule has 8 heteroatoms. The van der Waals surface area contributed by atoms with Crippen LogP contribution in [-0.2, 0) is 20.5 Å². The van der Waals surface area contributed by atoms with E-state index in [1.54, 1.807) is 0 Å². The lowest BCUT2D eigenvalue weighted by molar-refractivity contribution is -0.147. The number of hydrogen-bond donors (Lipinski definition) is 2. The molecule has 0 fully saturated rings. The number of benzene rings is 1. The standard InChI is InChI=1S/C13H15F3N2O3/c1-3-21-12(20)10(17)11(19)18-8-5-4-7(2)9(6-8)13(14,15)16/h4-6,10H,3,17H2,1-2H3,(H,18,19). The topological polar surface area (TPSA) is 81.4 Å². The van der Waals surface area contributed by atoms with Crippen molar-refractivity contribution in [3.05, 3.63) is 29.3 Å². The quantitative estimate of drug-likeness (QED) is 0.657. The summed E-state index contributed by atoms with van der Waals surface area (Å²) in [5, 5.41) is 2.16. The van der Waals surface area contributed by atoms with Crippen LogP contribution in [0.3, 0.4) is 0 Å². The van der Waals surface area contributed by atoms with Gasteiger partial charge < -0.3 is 15.8 Å². The highest BCUT2D eigenvalue weighted by Crippen LogP contribution is 2.33. The zero-order valence-electron chi connectivity index (χ0n) is 11.5. The molecule has 0 bridgehead atoms. The molecule has 0 aliphatic rings. The molecule has 1 rings (SSSR count). The minimum absolute atomic E-state index is 0.0233. The van der Waals surface area contributed by atoms with Gasteiger partial charge in [0.2, 0.25) is 0 Å². The van der Waals surface area contributed by atoms with E-state index in [0.717, 1.165) is 6.07 Å². The van der Waals surface area contributed by atoms with Gasteiger partial charge in [-0.1, -0.05) is 6.07 Å². The van der Waals surface area contributed by atoms with Crippen LogP contribution in [0.2, 0.25) is 0 Å². The monoisotopic (exact) mass is 304 g/mol. The van der Waals surface area contributed by atoms with Crippen LogP contribution in [-0.4, -0.2) is 24.5 Å². The Bertz CT molecular complexity index is 544. The first kappa shape index (κ1) is 17.0. The lowest BCUT2D eigenvalue weighted by Gasteiger charge is -2.14. The van der Waals surface area contributed by atoms with Crippen molar-refractivity contribution in [3.8, 4) is 0 Å². The SMILES string of the molecule is CCOC(=O)C(N)C(=O)Nc1ccc(C)c(C(F)(F)F)c1. The number of ether oxygens (including phenoxy) is 1. The maximum Gasteiger partial charge on any atom is 0.416 e. The molecule has 0 aromatic heterocycles. The van der Waals surface area contributed by atoms with Crippen LogP contribution in [0.4, 0.5) is 18.9 Å². The summed E-state index contributed by atoms with van der Waals surface area (Å²) in [7, 11) is 0. The highest BCUT2D eigenvalue weighted by atomic mass is 19.4. The number of alkyl halides is 3. The number of hydrogen-bond acceptors (Lipinski definition) is 4. The maximum atomic E-state index is 12.7. The third kappa shape index (κ3) is 4.45. The number of carbonyl (C=O) groups is 2. The van der Waals surface area contributed by atoms with Crippen molar-refractivity contribution >= 4 is 17.6 Å². The second-order valence-electron chi connectivity index (χ2n) is 4.25. The van der Waals surface area contributed by atoms with E-state index in [1.807, 2.05) is 0 Å². The lowest BCUT2D eigenvalue weighted by Crippen LogP contribution is -2.43. The number of nitrogens with one attached hydrogen (secondary N) is 1. The molecule has 0 heterocycles. The molecular formula is C13H15F3N2O3. The number of carbonyl (C=O) groups excluding carboxylic acids is 2. The molecule has 0 aliphatic heterocycles. The molecule has 0 aliphatic carbocycles. The van der Waals surface area contributed by atoms with E-state index >= 15 is 0 Å². The molecule has 116 valence electrons. The molecular weight excluding hydrogens is 289 g/mol. The fraction of sp³-hybridized carbons (Fsp3) is 0.385. The van der Waals surface area contributed by atoms with Gasteiger partial charge in [-0.2, -0.15) is 13.2 Å². The summed E-state index contributed by atoms with van der Waals surface area (Å²) in [6, 6.07) is 1.69. The summed E-state index contributed by atoms with van der Waals surface area (Å²) in [6.45, 7) is 2.89. The van der Waals surface area contributed by atoms with Crippen molar-refractivity contribution in [2.45, 2.75) is 26.1 Å². The van der Waals surface area contributed by atoms with Crippen LogP contribution in [0.1, 0.15) is 18.1 Å². The van der Waals surface area contributed by atoms with E-state index in [1.165, 1.54) is 26.0 Å². The largest absolute Gasteiger partial charge is 0.464 e. The van der Waals surface area contributed by atoms with Gasteiger partial charge >= 0.3 is 12.1 Å². The number of amides is 1. The average Bonchev–Trinajstić information content (AvgIpc) is 2.39. The van der Waals surface area contributed by atoms with Crippen molar-refractivity contribution in [1.29, 1.82) is 0 Å². The average molecular weight is 304 g/mol. The Hall–Kier alpha value is -2.09. The first-order chi connectivity index (χ1) is 9.66. The maximum absolute atomic E-state index is 12.7. The van der Waals surface area contributed by atoms with Crippen molar-refractivity contribution in [2.24, 2.45) is 5.73 Å². The Kier molecular flexibility index (Phi) is 5.31. The molecule has 5 nitrogen and oxygen atoms in total. The second-order valence-corrected chi connectivity index (χ2v) is 4.25. The zero-order valence-corrected chi connectivity index (χ0v) is 11.5. The van der Waals surface area contributed by atoms with E-state index in [-0.39, 0.29) is 17.9 Å². The number of halogens is 3. The fourth-order valence-electron chi connectivity index (χ4n) is 1.56. The van der Waals surface area contributed by atoms with E-state index < -0.39 is 29.7 Å². The third-order valence-corrected chi connectivity index (χ3v) is 2.63. The zero-order chi connectivity index (χ0) is 16.2. The van der Waals surface area contributed by atoms with E-state index in [9.17, 15) is 22.8 Å². The summed E-state index contributed by atoms with van der Waals surface area (Å²) >= 11 is 0. The molecule has 0 spiro atoms. The van der Waals surface area contributed by atoms with Gasteiger partial charge in [0.1, 0.15) is 0 Å². The van der Waals surface area contributed by atoms with Crippen molar-refractivity contribution in [3.63, 3.8) is 0 Å². The fourth-order valence-corrected chi connectivity index (χ4v) is 1.56. The van der Waals surface area contributed by atoms with E-state index in [4.69, 9.17) is 5.73 Å². The molecule has 0 radical (unpaired) electrons. The van der Waals surface area contributed by atoms with Crippen molar-refractivity contribution in [2.75, 3.05) is 11.9 Å². The number of rotatable bonds is 4. The predicted molar refractivity (Wildman–Crippen MR) is 69.4 cm³/mol. The van der Waals surface area contributed by atoms with Crippen LogP contribution in [0.25, 0.3) is 0 Å². The molecule has 3 N–H and O–H groups in total. The number of anilines is 1. The number of aryl methyl sites for hydroxylation is 1. The number of esters is 1. The van der Waals surface area contributed by atoms with Gasteiger partial charge in [0, 0.05) is 5.69 Å². The van der Waals surface area contributed by atoms with Crippen molar-refractivity contribution in [1.82, 2.24) is 0 Å². The van der Waals surface area contributed by atoms with E-state index in [2.05, 4.69) is 10.1 Å². The van der Waals surface area contributed by atoms with Gasteiger partial charge in [-0.05, 0) is 31.5 Å². The lowest BCUT2D eigenvalue weighted by atomic mass is 10.1. The predicted octanol–water partition coefficient (Wildman–Crippen LogP) is 1.84. The van der Waals surface area contributed by atoms with Crippen LogP contribution < -0.4 is 11.1 Å². The Morgan fingerprint density at radius 3 is 2.52 bits per heavy atom. The van der Waals surface area contributed by atoms with Gasteiger partial charge in [0.05, 0.1) is 12.2 Å². The molecule has 1 amide bonds. The summed E-state index contributed by atoms with van der Waals surface area (Å²) in [4.78, 5) is 22.9. The second kappa shape index (κ2) is 6.57. The smallest absolute Gasteiger partial charge is 0.416 e. The molecule has 1 unspecified atom stereocenters. The molecule has 1 aromatic rings. The first-order valence-electron chi connectivity index (χ1n) is 6.07. The minimum atomic E-state index is -4.53. The van der Waals surface area contributed by atoms with Gasteiger partial charge in [-0.15, -0.1) is 0 Å². The summed E-state index contributed by atoms with van der Waals surface area (Å²) in [5.74, 6) is -1.89. The molecule has 0 saturated carbocycles. The number of nitrogens with two attached hydrogens (primary N) is 1.